The van der Waals surface area contributed by atoms with Gasteiger partial charge in [0, 0.05) is 23.7 Å². The van der Waals surface area contributed by atoms with Gasteiger partial charge in [-0.3, -0.25) is 0 Å². The zero-order valence-corrected chi connectivity index (χ0v) is 13.9. The van der Waals surface area contributed by atoms with Crippen molar-refractivity contribution in [1.29, 1.82) is 0 Å². The number of hydrogen-bond acceptors (Lipinski definition) is 5. The molecule has 0 saturated carbocycles. The van der Waals surface area contributed by atoms with Crippen LogP contribution in [0.3, 0.4) is 0 Å². The molecule has 4 rings (SSSR count). The number of nitrogens with two attached hydrogens (primary N) is 1. The highest BCUT2D eigenvalue weighted by molar-refractivity contribution is 6.28. The molecule has 25 heavy (non-hydrogen) atoms. The van der Waals surface area contributed by atoms with E-state index in [4.69, 9.17) is 21.8 Å². The second kappa shape index (κ2) is 6.41. The first kappa shape index (κ1) is 15.4. The van der Waals surface area contributed by atoms with E-state index in [-0.39, 0.29) is 0 Å². The third-order valence-corrected chi connectivity index (χ3v) is 4.08. The number of anilines is 1. The monoisotopic (exact) mass is 351 g/mol. The van der Waals surface area contributed by atoms with Gasteiger partial charge in [0.15, 0.2) is 5.22 Å². The molecule has 0 unspecified atom stereocenters. The molecule has 3 aromatic heterocycles. The molecule has 0 aliphatic rings. The minimum absolute atomic E-state index is 0.396. The minimum atomic E-state index is 0.396. The maximum atomic E-state index is 5.96. The molecule has 124 valence electrons. The summed E-state index contributed by atoms with van der Waals surface area (Å²) in [5.74, 6) is 1.24. The van der Waals surface area contributed by atoms with E-state index in [1.807, 2.05) is 42.5 Å². The van der Waals surface area contributed by atoms with E-state index >= 15 is 0 Å². The summed E-state index contributed by atoms with van der Waals surface area (Å²) in [6.07, 6.45) is 2.32. The van der Waals surface area contributed by atoms with Crippen molar-refractivity contribution in [2.45, 2.75) is 6.42 Å². The van der Waals surface area contributed by atoms with Gasteiger partial charge in [0.2, 0.25) is 0 Å². The predicted molar refractivity (Wildman–Crippen MR) is 96.0 cm³/mol. The largest absolute Gasteiger partial charge is 0.449 e. The van der Waals surface area contributed by atoms with Crippen LogP contribution in [0.25, 0.3) is 22.5 Å². The number of pyridine rings is 1. The number of nitrogens with one attached hydrogen (secondary N) is 1. The Labute approximate surface area is 148 Å². The van der Waals surface area contributed by atoms with Crippen LogP contribution in [0.5, 0.6) is 0 Å². The number of hydrogen-bond donors (Lipinski definition) is 2. The lowest BCUT2D eigenvalue weighted by atomic mass is 10.0. The topological polar surface area (TPSA) is 93.6 Å². The molecule has 0 amide bonds. The molecule has 7 heteroatoms. The first-order valence-electron chi connectivity index (χ1n) is 7.66. The van der Waals surface area contributed by atoms with E-state index in [9.17, 15) is 0 Å². The summed E-state index contributed by atoms with van der Waals surface area (Å²) in [5, 5.41) is 11.6. The van der Waals surface area contributed by atoms with Crippen LogP contribution in [0.1, 0.15) is 11.3 Å². The van der Waals surface area contributed by atoms with Crippen LogP contribution in [0.4, 0.5) is 5.82 Å². The van der Waals surface area contributed by atoms with Gasteiger partial charge in [-0.15, -0.1) is 0 Å². The van der Waals surface area contributed by atoms with Gasteiger partial charge in [0.05, 0.1) is 0 Å². The molecule has 0 radical (unpaired) electrons. The molecule has 0 atom stereocenters. The highest BCUT2D eigenvalue weighted by Crippen LogP contribution is 2.31. The number of benzene rings is 1. The summed E-state index contributed by atoms with van der Waals surface area (Å²) in [6.45, 7) is 0. The Balaban J connectivity index is 1.63. The van der Waals surface area contributed by atoms with Crippen LogP contribution >= 0.6 is 11.6 Å². The van der Waals surface area contributed by atoms with Crippen LogP contribution < -0.4 is 5.73 Å². The number of furan rings is 1. The summed E-state index contributed by atoms with van der Waals surface area (Å²) in [6, 6.07) is 15.3. The van der Waals surface area contributed by atoms with Gasteiger partial charge in [-0.25, -0.2) is 4.98 Å². The van der Waals surface area contributed by atoms with Gasteiger partial charge in [0.25, 0.3) is 0 Å². The van der Waals surface area contributed by atoms with Crippen LogP contribution in [0.2, 0.25) is 5.22 Å². The molecule has 6 nitrogen and oxygen atoms in total. The van der Waals surface area contributed by atoms with Gasteiger partial charge < -0.3 is 10.2 Å². The quantitative estimate of drug-likeness (QED) is 0.580. The number of aromatic amines is 1. The van der Waals surface area contributed by atoms with E-state index in [1.165, 1.54) is 0 Å². The van der Waals surface area contributed by atoms with Gasteiger partial charge >= 0.3 is 0 Å². The van der Waals surface area contributed by atoms with E-state index in [2.05, 4.69) is 20.4 Å². The van der Waals surface area contributed by atoms with Crippen molar-refractivity contribution >= 4 is 17.4 Å². The summed E-state index contributed by atoms with van der Waals surface area (Å²) in [7, 11) is 0. The Hall–Kier alpha value is -3.12. The fourth-order valence-corrected chi connectivity index (χ4v) is 2.83. The smallest absolute Gasteiger partial charge is 0.193 e. The van der Waals surface area contributed by atoms with Crippen molar-refractivity contribution in [3.63, 3.8) is 0 Å². The third-order valence-electron chi connectivity index (χ3n) is 3.88. The standard InChI is InChI=1S/C18H14ClN5O/c19-15-8-7-13(25-15)10-11-3-5-12(6-4-11)16-17(23-24-22-16)14-2-1-9-21-18(14)20/h1-9H,10H2,(H2,20,21)(H,22,23,24). The van der Waals surface area contributed by atoms with E-state index in [0.717, 1.165) is 28.1 Å². The van der Waals surface area contributed by atoms with E-state index in [1.54, 1.807) is 12.3 Å². The van der Waals surface area contributed by atoms with Crippen LogP contribution in [-0.2, 0) is 6.42 Å². The summed E-state index contributed by atoms with van der Waals surface area (Å²) in [5.41, 5.74) is 10.2. The third kappa shape index (κ3) is 3.12. The molecular weight excluding hydrogens is 338 g/mol. The average Bonchev–Trinajstić information content (AvgIpc) is 3.25. The normalized spacial score (nSPS) is 10.9. The number of nitrogens with zero attached hydrogens (tertiary/aromatic N) is 3. The number of aromatic nitrogens is 4. The molecule has 3 N–H and O–H groups in total. The van der Waals surface area contributed by atoms with Crippen molar-refractivity contribution in [3.8, 4) is 22.5 Å². The molecule has 4 aromatic rings. The van der Waals surface area contributed by atoms with Crippen molar-refractivity contribution in [1.82, 2.24) is 20.4 Å². The first-order chi connectivity index (χ1) is 12.2. The summed E-state index contributed by atoms with van der Waals surface area (Å²) >= 11 is 5.81. The molecule has 0 spiro atoms. The Bertz CT molecular complexity index is 1010. The van der Waals surface area contributed by atoms with Crippen LogP contribution in [-0.4, -0.2) is 20.4 Å². The first-order valence-corrected chi connectivity index (χ1v) is 8.03. The lowest BCUT2D eigenvalue weighted by molar-refractivity contribution is 0.523. The molecule has 0 saturated heterocycles. The Morgan fingerprint density at radius 2 is 1.80 bits per heavy atom. The fourth-order valence-electron chi connectivity index (χ4n) is 2.67. The lowest BCUT2D eigenvalue weighted by Crippen LogP contribution is -1.94. The lowest BCUT2D eigenvalue weighted by Gasteiger charge is -2.05. The molecule has 0 aliphatic carbocycles. The zero-order chi connectivity index (χ0) is 17.2. The maximum absolute atomic E-state index is 5.96. The van der Waals surface area contributed by atoms with Crippen LogP contribution in [0, 0.1) is 0 Å². The molecule has 0 bridgehead atoms. The highest BCUT2D eigenvalue weighted by Gasteiger charge is 2.15. The summed E-state index contributed by atoms with van der Waals surface area (Å²) < 4.78 is 5.40. The highest BCUT2D eigenvalue weighted by atomic mass is 35.5. The van der Waals surface area contributed by atoms with E-state index in [0.29, 0.717) is 23.2 Å². The molecular formula is C18H14ClN5O. The number of halogens is 1. The van der Waals surface area contributed by atoms with Gasteiger partial charge in [-0.05, 0) is 41.4 Å². The zero-order valence-electron chi connectivity index (χ0n) is 13.1. The summed E-state index contributed by atoms with van der Waals surface area (Å²) in [4.78, 5) is 4.11. The molecule has 0 fully saturated rings. The minimum Gasteiger partial charge on any atom is -0.449 e. The maximum Gasteiger partial charge on any atom is 0.193 e. The predicted octanol–water partition coefficient (Wildman–Crippen LogP) is 3.95. The van der Waals surface area contributed by atoms with Crippen molar-refractivity contribution in [2.24, 2.45) is 0 Å². The Morgan fingerprint density at radius 3 is 2.52 bits per heavy atom. The van der Waals surface area contributed by atoms with Gasteiger partial charge in [-0.1, -0.05) is 24.3 Å². The Morgan fingerprint density at radius 1 is 1.00 bits per heavy atom. The molecule has 1 aromatic carbocycles. The van der Waals surface area contributed by atoms with E-state index < -0.39 is 0 Å². The number of rotatable bonds is 4. The van der Waals surface area contributed by atoms with Crippen molar-refractivity contribution in [2.75, 3.05) is 5.73 Å². The average molecular weight is 352 g/mol. The SMILES string of the molecule is Nc1ncccc1-c1n[nH]nc1-c1ccc(Cc2ccc(Cl)o2)cc1. The number of H-pyrrole nitrogens is 1. The van der Waals surface area contributed by atoms with Crippen molar-refractivity contribution in [3.05, 3.63) is 71.3 Å². The fraction of sp³-hybridized carbons (Fsp3) is 0.0556. The number of nitrogen functional groups attached to an aromatic ring is 1. The second-order valence-electron chi connectivity index (χ2n) is 5.54. The Kier molecular flexibility index (Phi) is 3.95. The second-order valence-corrected chi connectivity index (χ2v) is 5.91. The van der Waals surface area contributed by atoms with Crippen LogP contribution in [0.15, 0.2) is 59.1 Å². The van der Waals surface area contributed by atoms with Crippen molar-refractivity contribution < 1.29 is 4.42 Å². The molecule has 0 aliphatic heterocycles. The van der Waals surface area contributed by atoms with Gasteiger partial charge in [-0.2, -0.15) is 15.4 Å². The molecule has 3 heterocycles. The van der Waals surface area contributed by atoms with Gasteiger partial charge in [0.1, 0.15) is 23.0 Å².